The van der Waals surface area contributed by atoms with Gasteiger partial charge in [0.1, 0.15) is 5.75 Å². The van der Waals surface area contributed by atoms with Crippen molar-refractivity contribution >= 4 is 15.9 Å². The standard InChI is InChI=1S/C18H25BrO/c1-3-20-18-7-4-12(2)8-16(18)17(19)11-15-10-13-5-6-14(15)9-13/h4,7-8,13-15,17H,3,5-6,9-11H2,1-2H3. The Bertz CT molecular complexity index is 470. The molecular weight excluding hydrogens is 312 g/mol. The summed E-state index contributed by atoms with van der Waals surface area (Å²) in [5, 5.41) is 0. The number of fused-ring (bicyclic) bond motifs is 2. The third-order valence-corrected chi connectivity index (χ3v) is 6.06. The van der Waals surface area contributed by atoms with Gasteiger partial charge in [0.2, 0.25) is 0 Å². The zero-order valence-corrected chi connectivity index (χ0v) is 14.2. The molecule has 110 valence electrons. The highest BCUT2D eigenvalue weighted by Gasteiger charge is 2.40. The van der Waals surface area contributed by atoms with Gasteiger partial charge < -0.3 is 4.74 Å². The van der Waals surface area contributed by atoms with Crippen molar-refractivity contribution in [2.75, 3.05) is 6.61 Å². The van der Waals surface area contributed by atoms with Gasteiger partial charge in [-0.05, 0) is 63.4 Å². The zero-order chi connectivity index (χ0) is 14.1. The molecule has 2 aliphatic rings. The number of alkyl halides is 1. The van der Waals surface area contributed by atoms with Gasteiger partial charge in [0, 0.05) is 10.4 Å². The van der Waals surface area contributed by atoms with Crippen molar-refractivity contribution < 1.29 is 4.74 Å². The molecule has 0 aliphatic heterocycles. The Morgan fingerprint density at radius 1 is 1.30 bits per heavy atom. The Balaban J connectivity index is 1.72. The van der Waals surface area contributed by atoms with Gasteiger partial charge in [-0.2, -0.15) is 0 Å². The quantitative estimate of drug-likeness (QED) is 0.630. The van der Waals surface area contributed by atoms with E-state index < -0.39 is 0 Å². The fourth-order valence-electron chi connectivity index (χ4n) is 4.26. The maximum atomic E-state index is 5.81. The van der Waals surface area contributed by atoms with Crippen LogP contribution in [0.25, 0.3) is 0 Å². The summed E-state index contributed by atoms with van der Waals surface area (Å²) in [5.74, 6) is 4.02. The van der Waals surface area contributed by atoms with Crippen molar-refractivity contribution in [2.45, 2.75) is 50.8 Å². The minimum atomic E-state index is 0.438. The van der Waals surface area contributed by atoms with Crippen LogP contribution >= 0.6 is 15.9 Å². The summed E-state index contributed by atoms with van der Waals surface area (Å²) in [6.07, 6.45) is 7.19. The Morgan fingerprint density at radius 2 is 2.15 bits per heavy atom. The van der Waals surface area contributed by atoms with E-state index in [4.69, 9.17) is 4.74 Å². The lowest BCUT2D eigenvalue weighted by atomic mass is 9.84. The van der Waals surface area contributed by atoms with E-state index in [-0.39, 0.29) is 0 Å². The molecule has 4 unspecified atom stereocenters. The molecule has 2 saturated carbocycles. The topological polar surface area (TPSA) is 9.23 Å². The van der Waals surface area contributed by atoms with E-state index in [1.807, 2.05) is 0 Å². The van der Waals surface area contributed by atoms with Crippen molar-refractivity contribution in [3.05, 3.63) is 29.3 Å². The molecule has 0 heterocycles. The van der Waals surface area contributed by atoms with Crippen LogP contribution in [0, 0.1) is 24.7 Å². The third kappa shape index (κ3) is 2.90. The first-order valence-corrected chi connectivity index (χ1v) is 8.96. The van der Waals surface area contributed by atoms with Gasteiger partial charge in [-0.25, -0.2) is 0 Å². The minimum absolute atomic E-state index is 0.438. The molecule has 3 rings (SSSR count). The molecule has 0 aromatic heterocycles. The molecule has 2 aliphatic carbocycles. The fraction of sp³-hybridized carbons (Fsp3) is 0.667. The van der Waals surface area contributed by atoms with Crippen LogP contribution in [0.4, 0.5) is 0 Å². The highest BCUT2D eigenvalue weighted by Crippen LogP contribution is 2.52. The number of halogens is 1. The lowest BCUT2D eigenvalue weighted by Gasteiger charge is -2.25. The van der Waals surface area contributed by atoms with Crippen LogP contribution in [0.15, 0.2) is 18.2 Å². The second kappa shape index (κ2) is 6.09. The second-order valence-electron chi connectivity index (χ2n) is 6.61. The summed E-state index contributed by atoms with van der Waals surface area (Å²) in [5.41, 5.74) is 2.66. The number of hydrogen-bond donors (Lipinski definition) is 0. The lowest BCUT2D eigenvalue weighted by Crippen LogP contribution is -2.13. The average Bonchev–Trinajstić information content (AvgIpc) is 3.03. The van der Waals surface area contributed by atoms with Crippen molar-refractivity contribution in [3.63, 3.8) is 0 Å². The van der Waals surface area contributed by atoms with Crippen molar-refractivity contribution in [1.29, 1.82) is 0 Å². The van der Waals surface area contributed by atoms with E-state index in [0.717, 1.165) is 30.1 Å². The van der Waals surface area contributed by atoms with Gasteiger partial charge in [-0.15, -0.1) is 0 Å². The van der Waals surface area contributed by atoms with Crippen molar-refractivity contribution in [3.8, 4) is 5.75 Å². The molecule has 1 nitrogen and oxygen atoms in total. The molecule has 0 spiro atoms. The number of rotatable bonds is 5. The molecular formula is C18H25BrO. The second-order valence-corrected chi connectivity index (χ2v) is 7.72. The number of ether oxygens (including phenoxy) is 1. The summed E-state index contributed by atoms with van der Waals surface area (Å²) in [7, 11) is 0. The van der Waals surface area contributed by atoms with Crippen LogP contribution in [0.2, 0.25) is 0 Å². The average molecular weight is 337 g/mol. The molecule has 0 amide bonds. The van der Waals surface area contributed by atoms with Crippen LogP contribution in [0.1, 0.15) is 55.0 Å². The minimum Gasteiger partial charge on any atom is -0.494 e. The van der Waals surface area contributed by atoms with Crippen LogP contribution in [0.3, 0.4) is 0 Å². The van der Waals surface area contributed by atoms with E-state index in [9.17, 15) is 0 Å². The molecule has 1 aromatic rings. The summed E-state index contributed by atoms with van der Waals surface area (Å²) in [6, 6.07) is 6.56. The summed E-state index contributed by atoms with van der Waals surface area (Å²) in [4.78, 5) is 0.438. The van der Waals surface area contributed by atoms with Crippen molar-refractivity contribution in [2.24, 2.45) is 17.8 Å². The molecule has 20 heavy (non-hydrogen) atoms. The van der Waals surface area contributed by atoms with Crippen molar-refractivity contribution in [1.82, 2.24) is 0 Å². The molecule has 0 radical (unpaired) electrons. The molecule has 2 heteroatoms. The summed E-state index contributed by atoms with van der Waals surface area (Å²) >= 11 is 3.94. The summed E-state index contributed by atoms with van der Waals surface area (Å²) < 4.78 is 5.81. The number of benzene rings is 1. The Hall–Kier alpha value is -0.500. The lowest BCUT2D eigenvalue weighted by molar-refractivity contribution is 0.308. The molecule has 2 fully saturated rings. The van der Waals surface area contributed by atoms with E-state index in [1.165, 1.54) is 43.2 Å². The number of hydrogen-bond acceptors (Lipinski definition) is 1. The molecule has 4 atom stereocenters. The third-order valence-electron chi connectivity index (χ3n) is 5.20. The van der Waals surface area contributed by atoms with E-state index in [0.29, 0.717) is 4.83 Å². The van der Waals surface area contributed by atoms with Gasteiger partial charge >= 0.3 is 0 Å². The monoisotopic (exact) mass is 336 g/mol. The van der Waals surface area contributed by atoms with Gasteiger partial charge in [-0.3, -0.25) is 0 Å². The Labute approximate surface area is 131 Å². The molecule has 0 saturated heterocycles. The first-order chi connectivity index (χ1) is 9.67. The zero-order valence-electron chi connectivity index (χ0n) is 12.6. The van der Waals surface area contributed by atoms with Gasteiger partial charge in [0.05, 0.1) is 6.61 Å². The van der Waals surface area contributed by atoms with Crippen LogP contribution in [-0.4, -0.2) is 6.61 Å². The highest BCUT2D eigenvalue weighted by atomic mass is 79.9. The maximum absolute atomic E-state index is 5.81. The van der Waals surface area contributed by atoms with Crippen LogP contribution in [-0.2, 0) is 0 Å². The fourth-order valence-corrected chi connectivity index (χ4v) is 5.10. The number of aryl methyl sites for hydroxylation is 1. The van der Waals surface area contributed by atoms with Gasteiger partial charge in [0.15, 0.2) is 0 Å². The molecule has 2 bridgehead atoms. The smallest absolute Gasteiger partial charge is 0.123 e. The Kier molecular flexibility index (Phi) is 4.40. The van der Waals surface area contributed by atoms with E-state index in [1.54, 1.807) is 0 Å². The van der Waals surface area contributed by atoms with Crippen LogP contribution < -0.4 is 4.74 Å². The molecule has 0 N–H and O–H groups in total. The largest absolute Gasteiger partial charge is 0.494 e. The van der Waals surface area contributed by atoms with Gasteiger partial charge in [0.25, 0.3) is 0 Å². The highest BCUT2D eigenvalue weighted by molar-refractivity contribution is 9.09. The normalized spacial score (nSPS) is 29.6. The maximum Gasteiger partial charge on any atom is 0.123 e. The predicted octanol–water partition coefficient (Wildman–Crippen LogP) is 5.66. The summed E-state index contributed by atoms with van der Waals surface area (Å²) in [6.45, 7) is 4.96. The molecule has 1 aromatic carbocycles. The van der Waals surface area contributed by atoms with Crippen LogP contribution in [0.5, 0.6) is 5.75 Å². The SMILES string of the molecule is CCOc1ccc(C)cc1C(Br)CC1CC2CCC1C2. The van der Waals surface area contributed by atoms with E-state index in [2.05, 4.69) is 48.0 Å². The first-order valence-electron chi connectivity index (χ1n) is 8.04. The predicted molar refractivity (Wildman–Crippen MR) is 87.6 cm³/mol. The first kappa shape index (κ1) is 14.4. The Morgan fingerprint density at radius 3 is 2.80 bits per heavy atom. The van der Waals surface area contributed by atoms with E-state index >= 15 is 0 Å². The van der Waals surface area contributed by atoms with Gasteiger partial charge in [-0.1, -0.05) is 40.0 Å².